The molecule has 0 aliphatic carbocycles. The van der Waals surface area contributed by atoms with Crippen molar-refractivity contribution >= 4 is 15.7 Å². The first-order valence-corrected chi connectivity index (χ1v) is 7.27. The van der Waals surface area contributed by atoms with Crippen LogP contribution in [0.2, 0.25) is 0 Å². The number of sulfone groups is 1. The van der Waals surface area contributed by atoms with Crippen LogP contribution < -0.4 is 5.48 Å². The molecule has 1 amide bonds. The fourth-order valence-electron chi connectivity index (χ4n) is 1.11. The topological polar surface area (TPSA) is 72.5 Å². The molecule has 0 spiro atoms. The quantitative estimate of drug-likeness (QED) is 0.847. The maximum atomic E-state index is 11.7. The van der Waals surface area contributed by atoms with Gasteiger partial charge in [-0.25, -0.2) is 13.9 Å². The molecule has 18 heavy (non-hydrogen) atoms. The van der Waals surface area contributed by atoms with Crippen LogP contribution in [0.25, 0.3) is 0 Å². The van der Waals surface area contributed by atoms with E-state index in [-0.39, 0.29) is 4.90 Å². The molecule has 0 aromatic heterocycles. The highest BCUT2D eigenvalue weighted by atomic mass is 32.2. The average Bonchev–Trinajstić information content (AvgIpc) is 2.24. The number of rotatable bonds is 3. The predicted octanol–water partition coefficient (Wildman–Crippen LogP) is 1.55. The molecule has 0 saturated carbocycles. The number of hydrogen-bond donors (Lipinski definition) is 1. The second-order valence-electron chi connectivity index (χ2n) is 4.94. The molecule has 0 unspecified atom stereocenters. The number of carbonyl (C=O) groups is 1. The molecule has 6 heteroatoms. The minimum atomic E-state index is -3.24. The molecule has 1 aromatic rings. The molecule has 5 nitrogen and oxygen atoms in total. The first kappa shape index (κ1) is 14.7. The molecule has 0 aliphatic rings. The van der Waals surface area contributed by atoms with Crippen LogP contribution in [0.4, 0.5) is 0 Å². The van der Waals surface area contributed by atoms with Crippen LogP contribution in [0.15, 0.2) is 29.2 Å². The van der Waals surface area contributed by atoms with Crippen molar-refractivity contribution < 1.29 is 18.0 Å². The van der Waals surface area contributed by atoms with E-state index in [4.69, 9.17) is 4.84 Å². The van der Waals surface area contributed by atoms with Gasteiger partial charge < -0.3 is 0 Å². The average molecular weight is 271 g/mol. The standard InChI is InChI=1S/C12H17NO4S/c1-12(2,3)17-13-11(14)9-5-7-10(8-6-9)18(4,15)16/h5-8H,1-4H3,(H,13,14). The van der Waals surface area contributed by atoms with E-state index in [1.54, 1.807) is 20.8 Å². The Morgan fingerprint density at radius 2 is 1.67 bits per heavy atom. The highest BCUT2D eigenvalue weighted by Crippen LogP contribution is 2.11. The van der Waals surface area contributed by atoms with E-state index < -0.39 is 21.3 Å². The Balaban J connectivity index is 2.77. The fourth-order valence-corrected chi connectivity index (χ4v) is 1.74. The van der Waals surface area contributed by atoms with Gasteiger partial charge in [0.1, 0.15) is 0 Å². The summed E-state index contributed by atoms with van der Waals surface area (Å²) in [4.78, 5) is 17.0. The zero-order valence-corrected chi connectivity index (χ0v) is 11.7. The van der Waals surface area contributed by atoms with Crippen molar-refractivity contribution in [3.63, 3.8) is 0 Å². The molecule has 0 atom stereocenters. The fraction of sp³-hybridized carbons (Fsp3) is 0.417. The van der Waals surface area contributed by atoms with Crippen LogP contribution in [-0.4, -0.2) is 26.2 Å². The van der Waals surface area contributed by atoms with Gasteiger partial charge in [-0.05, 0) is 45.0 Å². The van der Waals surface area contributed by atoms with Crippen LogP contribution in [0.3, 0.4) is 0 Å². The summed E-state index contributed by atoms with van der Waals surface area (Å²) in [5.41, 5.74) is 2.16. The van der Waals surface area contributed by atoms with E-state index in [1.165, 1.54) is 24.3 Å². The van der Waals surface area contributed by atoms with Crippen LogP contribution in [0.5, 0.6) is 0 Å². The van der Waals surface area contributed by atoms with Crippen molar-refractivity contribution in [2.75, 3.05) is 6.26 Å². The van der Waals surface area contributed by atoms with Gasteiger partial charge in [-0.2, -0.15) is 0 Å². The molecule has 0 radical (unpaired) electrons. The maximum Gasteiger partial charge on any atom is 0.274 e. The van der Waals surface area contributed by atoms with E-state index in [1.807, 2.05) is 0 Å². The molecular weight excluding hydrogens is 254 g/mol. The van der Waals surface area contributed by atoms with Crippen molar-refractivity contribution in [1.29, 1.82) is 0 Å². The van der Waals surface area contributed by atoms with E-state index in [0.29, 0.717) is 5.56 Å². The lowest BCUT2D eigenvalue weighted by Crippen LogP contribution is -2.33. The predicted molar refractivity (Wildman–Crippen MR) is 67.9 cm³/mol. The summed E-state index contributed by atoms with van der Waals surface area (Å²) in [6.45, 7) is 5.42. The van der Waals surface area contributed by atoms with E-state index >= 15 is 0 Å². The smallest absolute Gasteiger partial charge is 0.268 e. The zero-order valence-electron chi connectivity index (χ0n) is 10.9. The summed E-state index contributed by atoms with van der Waals surface area (Å²) in [5, 5.41) is 0. The number of amides is 1. The Bertz CT molecular complexity index is 526. The van der Waals surface area contributed by atoms with Crippen LogP contribution in [-0.2, 0) is 14.7 Å². The van der Waals surface area contributed by atoms with Crippen molar-refractivity contribution in [3.05, 3.63) is 29.8 Å². The highest BCUT2D eigenvalue weighted by molar-refractivity contribution is 7.90. The van der Waals surface area contributed by atoms with E-state index in [2.05, 4.69) is 5.48 Å². The highest BCUT2D eigenvalue weighted by Gasteiger charge is 2.14. The number of nitrogens with one attached hydrogen (secondary N) is 1. The van der Waals surface area contributed by atoms with E-state index in [9.17, 15) is 13.2 Å². The third kappa shape index (κ3) is 4.46. The third-order valence-corrected chi connectivity index (χ3v) is 3.12. The summed E-state index contributed by atoms with van der Waals surface area (Å²) < 4.78 is 22.5. The summed E-state index contributed by atoms with van der Waals surface area (Å²) in [6.07, 6.45) is 1.12. The Hall–Kier alpha value is -1.40. The lowest BCUT2D eigenvalue weighted by atomic mass is 10.2. The Morgan fingerprint density at radius 1 is 1.17 bits per heavy atom. The molecule has 100 valence electrons. The van der Waals surface area contributed by atoms with Crippen molar-refractivity contribution in [1.82, 2.24) is 5.48 Å². The Morgan fingerprint density at radius 3 is 2.06 bits per heavy atom. The van der Waals surface area contributed by atoms with Crippen LogP contribution in [0.1, 0.15) is 31.1 Å². The first-order chi connectivity index (χ1) is 8.09. The lowest BCUT2D eigenvalue weighted by molar-refractivity contribution is -0.0589. The number of benzene rings is 1. The number of hydroxylamine groups is 1. The SMILES string of the molecule is CC(C)(C)ONC(=O)c1ccc(S(C)(=O)=O)cc1. The minimum Gasteiger partial charge on any atom is -0.268 e. The van der Waals surface area contributed by atoms with Gasteiger partial charge in [-0.1, -0.05) is 0 Å². The zero-order chi connectivity index (χ0) is 14.0. The van der Waals surface area contributed by atoms with Gasteiger partial charge in [0.25, 0.3) is 5.91 Å². The monoisotopic (exact) mass is 271 g/mol. The molecule has 1 aromatic carbocycles. The van der Waals surface area contributed by atoms with Gasteiger partial charge in [0.05, 0.1) is 10.5 Å². The first-order valence-electron chi connectivity index (χ1n) is 5.38. The lowest BCUT2D eigenvalue weighted by Gasteiger charge is -2.18. The number of carbonyl (C=O) groups excluding carboxylic acids is 1. The van der Waals surface area contributed by atoms with Gasteiger partial charge in [-0.3, -0.25) is 9.63 Å². The summed E-state index contributed by atoms with van der Waals surface area (Å²) in [6, 6.07) is 5.66. The maximum absolute atomic E-state index is 11.7. The second-order valence-corrected chi connectivity index (χ2v) is 6.96. The van der Waals surface area contributed by atoms with Crippen molar-refractivity contribution in [2.24, 2.45) is 0 Å². The third-order valence-electron chi connectivity index (χ3n) is 1.99. The molecule has 1 rings (SSSR count). The summed E-state index contributed by atoms with van der Waals surface area (Å²) in [7, 11) is -3.24. The minimum absolute atomic E-state index is 0.177. The Labute approximate surface area is 107 Å². The second kappa shape index (κ2) is 5.07. The van der Waals surface area contributed by atoms with Gasteiger partial charge >= 0.3 is 0 Å². The molecule has 0 aliphatic heterocycles. The molecule has 0 saturated heterocycles. The Kier molecular flexibility index (Phi) is 4.13. The summed E-state index contributed by atoms with van der Waals surface area (Å²) in [5.74, 6) is -0.412. The van der Waals surface area contributed by atoms with Crippen LogP contribution in [0, 0.1) is 0 Å². The molecule has 1 N–H and O–H groups in total. The van der Waals surface area contributed by atoms with Gasteiger partial charge in [0, 0.05) is 11.8 Å². The molecule has 0 heterocycles. The largest absolute Gasteiger partial charge is 0.274 e. The summed E-state index contributed by atoms with van der Waals surface area (Å²) >= 11 is 0. The van der Waals surface area contributed by atoms with Gasteiger partial charge in [-0.15, -0.1) is 0 Å². The van der Waals surface area contributed by atoms with Gasteiger partial charge in [0.2, 0.25) is 0 Å². The molecular formula is C12H17NO4S. The van der Waals surface area contributed by atoms with Crippen molar-refractivity contribution in [2.45, 2.75) is 31.3 Å². The normalized spacial score (nSPS) is 12.2. The molecule has 0 bridgehead atoms. The van der Waals surface area contributed by atoms with E-state index in [0.717, 1.165) is 6.26 Å². The van der Waals surface area contributed by atoms with Crippen LogP contribution >= 0.6 is 0 Å². The van der Waals surface area contributed by atoms with Gasteiger partial charge in [0.15, 0.2) is 9.84 Å². The van der Waals surface area contributed by atoms with Crippen molar-refractivity contribution in [3.8, 4) is 0 Å². The molecule has 0 fully saturated rings. The number of hydrogen-bond acceptors (Lipinski definition) is 4.